The van der Waals surface area contributed by atoms with Crippen molar-refractivity contribution < 1.29 is 18.0 Å². The van der Waals surface area contributed by atoms with Crippen LogP contribution in [0.4, 0.5) is 13.2 Å². The summed E-state index contributed by atoms with van der Waals surface area (Å²) in [6.07, 6.45) is -5.04. The summed E-state index contributed by atoms with van der Waals surface area (Å²) in [5.41, 5.74) is -0.821. The van der Waals surface area contributed by atoms with E-state index in [1.807, 2.05) is 6.92 Å². The molecule has 1 unspecified atom stereocenters. The van der Waals surface area contributed by atoms with E-state index in [0.29, 0.717) is 5.56 Å². The van der Waals surface area contributed by atoms with E-state index in [2.05, 4.69) is 21.1 Å². The highest BCUT2D eigenvalue weighted by molar-refractivity contribution is 9.10. The summed E-state index contributed by atoms with van der Waals surface area (Å²) in [6.45, 7) is 1.86. The zero-order valence-electron chi connectivity index (χ0n) is 12.5. The number of hydrogen-bond acceptors (Lipinski definition) is 2. The van der Waals surface area contributed by atoms with Crippen LogP contribution in [0.3, 0.4) is 0 Å². The monoisotopic (exact) mass is 417 g/mol. The summed E-state index contributed by atoms with van der Waals surface area (Å²) in [6, 6.07) is 10.9. The Kier molecular flexibility index (Phi) is 4.38. The molecule has 24 heavy (non-hydrogen) atoms. The van der Waals surface area contributed by atoms with Crippen molar-refractivity contribution in [1.82, 2.24) is 0 Å². The molecule has 0 bridgehead atoms. The molecule has 2 aromatic rings. The van der Waals surface area contributed by atoms with Gasteiger partial charge in [-0.3, -0.25) is 0 Å². The highest BCUT2D eigenvalue weighted by atomic mass is 79.9. The number of halogens is 5. The molecule has 126 valence electrons. The molecule has 2 nitrogen and oxygen atoms in total. The molecular weight excluding hydrogens is 407 g/mol. The molecule has 0 radical (unpaired) electrons. The van der Waals surface area contributed by atoms with Crippen molar-refractivity contribution in [3.05, 3.63) is 68.7 Å². The van der Waals surface area contributed by atoms with E-state index in [0.717, 1.165) is 10.0 Å². The lowest BCUT2D eigenvalue weighted by molar-refractivity contribution is -0.275. The van der Waals surface area contributed by atoms with Gasteiger partial charge >= 0.3 is 6.18 Å². The van der Waals surface area contributed by atoms with Crippen LogP contribution in [0.15, 0.2) is 52.1 Å². The summed E-state index contributed by atoms with van der Waals surface area (Å²) < 4.78 is 42.3. The van der Waals surface area contributed by atoms with Crippen LogP contribution in [-0.2, 0) is 10.4 Å². The van der Waals surface area contributed by atoms with Gasteiger partial charge in [-0.25, -0.2) is 0 Å². The molecule has 0 amide bonds. The normalized spacial score (nSPS) is 20.7. The number of alkyl halides is 3. The standard InChI is InChI=1S/C17H12BrClF3NO/c1-10-7-11(5-6-14(10)18)15-9-16(24-23-15,17(20,21)22)12-3-2-4-13(19)8-12/h2-8H,9H2,1H3. The van der Waals surface area contributed by atoms with Crippen LogP contribution < -0.4 is 0 Å². The minimum atomic E-state index is -4.63. The van der Waals surface area contributed by atoms with Crippen molar-refractivity contribution in [1.29, 1.82) is 0 Å². The molecule has 0 fully saturated rings. The second-order valence-corrected chi connectivity index (χ2v) is 6.90. The fraction of sp³-hybridized carbons (Fsp3) is 0.235. The van der Waals surface area contributed by atoms with Crippen LogP contribution in [0.1, 0.15) is 23.1 Å². The minimum Gasteiger partial charge on any atom is -0.374 e. The molecule has 1 heterocycles. The van der Waals surface area contributed by atoms with Gasteiger partial charge in [0.2, 0.25) is 0 Å². The number of oxime groups is 1. The Labute approximate surface area is 150 Å². The van der Waals surface area contributed by atoms with Crippen LogP contribution in [0.5, 0.6) is 0 Å². The first-order valence-electron chi connectivity index (χ1n) is 7.07. The van der Waals surface area contributed by atoms with Gasteiger partial charge in [0.15, 0.2) is 0 Å². The lowest BCUT2D eigenvalue weighted by Crippen LogP contribution is -2.42. The molecule has 7 heteroatoms. The Morgan fingerprint density at radius 1 is 1.21 bits per heavy atom. The molecule has 1 aliphatic heterocycles. The number of benzene rings is 2. The third kappa shape index (κ3) is 2.93. The molecule has 2 aromatic carbocycles. The fourth-order valence-electron chi connectivity index (χ4n) is 2.62. The summed E-state index contributed by atoms with van der Waals surface area (Å²) in [7, 11) is 0. The average molecular weight is 419 g/mol. The largest absolute Gasteiger partial charge is 0.435 e. The van der Waals surface area contributed by atoms with Crippen LogP contribution in [0.2, 0.25) is 5.02 Å². The highest BCUT2D eigenvalue weighted by Gasteiger charge is 2.62. The van der Waals surface area contributed by atoms with Gasteiger partial charge in [0, 0.05) is 21.5 Å². The van der Waals surface area contributed by atoms with Gasteiger partial charge in [0.05, 0.1) is 5.71 Å². The van der Waals surface area contributed by atoms with Crippen molar-refractivity contribution in [2.24, 2.45) is 5.16 Å². The Morgan fingerprint density at radius 2 is 1.96 bits per heavy atom. The Morgan fingerprint density at radius 3 is 2.58 bits per heavy atom. The molecule has 0 saturated carbocycles. The first kappa shape index (κ1) is 17.3. The SMILES string of the molecule is Cc1cc(C2=NOC(c3cccc(Cl)c3)(C(F)(F)F)C2)ccc1Br. The second kappa shape index (κ2) is 6.08. The second-order valence-electron chi connectivity index (χ2n) is 5.61. The van der Waals surface area contributed by atoms with Crippen molar-refractivity contribution in [2.75, 3.05) is 0 Å². The summed E-state index contributed by atoms with van der Waals surface area (Å²) in [5.74, 6) is 0. The van der Waals surface area contributed by atoms with Gasteiger partial charge < -0.3 is 4.84 Å². The Bertz CT molecular complexity index is 822. The predicted molar refractivity (Wildman–Crippen MR) is 90.3 cm³/mol. The van der Waals surface area contributed by atoms with Gasteiger partial charge in [-0.05, 0) is 42.3 Å². The smallest absolute Gasteiger partial charge is 0.374 e. The lowest BCUT2D eigenvalue weighted by Gasteiger charge is -2.29. The van der Waals surface area contributed by atoms with E-state index in [-0.39, 0.29) is 16.3 Å². The summed E-state index contributed by atoms with van der Waals surface area (Å²) >= 11 is 9.23. The first-order chi connectivity index (χ1) is 11.2. The molecule has 1 atom stereocenters. The zero-order chi connectivity index (χ0) is 17.5. The number of rotatable bonds is 2. The molecule has 0 aliphatic carbocycles. The van der Waals surface area contributed by atoms with Gasteiger partial charge in [-0.1, -0.05) is 50.9 Å². The quantitative estimate of drug-likeness (QED) is 0.587. The topological polar surface area (TPSA) is 21.6 Å². The van der Waals surface area contributed by atoms with Crippen LogP contribution in [0.25, 0.3) is 0 Å². The van der Waals surface area contributed by atoms with Crippen LogP contribution >= 0.6 is 27.5 Å². The highest BCUT2D eigenvalue weighted by Crippen LogP contribution is 2.49. The van der Waals surface area contributed by atoms with E-state index in [1.165, 1.54) is 24.3 Å². The fourth-order valence-corrected chi connectivity index (χ4v) is 3.06. The van der Waals surface area contributed by atoms with Crippen molar-refractivity contribution >= 4 is 33.2 Å². The van der Waals surface area contributed by atoms with E-state index >= 15 is 0 Å². The molecule has 0 N–H and O–H groups in total. The van der Waals surface area contributed by atoms with E-state index < -0.39 is 18.2 Å². The maximum Gasteiger partial charge on any atom is 0.435 e. The van der Waals surface area contributed by atoms with Crippen molar-refractivity contribution in [2.45, 2.75) is 25.1 Å². The van der Waals surface area contributed by atoms with E-state index in [4.69, 9.17) is 16.4 Å². The summed E-state index contributed by atoms with van der Waals surface area (Å²) in [5, 5.41) is 3.96. The summed E-state index contributed by atoms with van der Waals surface area (Å²) in [4.78, 5) is 4.98. The third-order valence-electron chi connectivity index (χ3n) is 3.97. The predicted octanol–water partition coefficient (Wildman–Crippen LogP) is 5.99. The Hall–Kier alpha value is -1.53. The lowest BCUT2D eigenvalue weighted by atomic mass is 9.86. The van der Waals surface area contributed by atoms with E-state index in [1.54, 1.807) is 18.2 Å². The number of aryl methyl sites for hydroxylation is 1. The molecule has 0 saturated heterocycles. The molecule has 0 spiro atoms. The zero-order valence-corrected chi connectivity index (χ0v) is 14.8. The van der Waals surface area contributed by atoms with Gasteiger partial charge in [0.1, 0.15) is 0 Å². The molecule has 3 rings (SSSR count). The average Bonchev–Trinajstić information content (AvgIpc) is 2.96. The number of hydrogen-bond donors (Lipinski definition) is 0. The van der Waals surface area contributed by atoms with Gasteiger partial charge in [-0.2, -0.15) is 13.2 Å². The molecular formula is C17H12BrClF3NO. The van der Waals surface area contributed by atoms with E-state index in [9.17, 15) is 13.2 Å². The van der Waals surface area contributed by atoms with Crippen LogP contribution in [0, 0.1) is 6.92 Å². The maximum absolute atomic E-state index is 13.8. The van der Waals surface area contributed by atoms with Gasteiger partial charge in [0.25, 0.3) is 5.60 Å². The molecule has 1 aliphatic rings. The maximum atomic E-state index is 13.8. The first-order valence-corrected chi connectivity index (χ1v) is 8.24. The minimum absolute atomic E-state index is 0.0601. The molecule has 0 aromatic heterocycles. The van der Waals surface area contributed by atoms with Crippen molar-refractivity contribution in [3.8, 4) is 0 Å². The van der Waals surface area contributed by atoms with Crippen molar-refractivity contribution in [3.63, 3.8) is 0 Å². The van der Waals surface area contributed by atoms with Crippen LogP contribution in [-0.4, -0.2) is 11.9 Å². The van der Waals surface area contributed by atoms with Gasteiger partial charge in [-0.15, -0.1) is 0 Å². The number of nitrogens with zero attached hydrogens (tertiary/aromatic N) is 1. The third-order valence-corrected chi connectivity index (χ3v) is 5.09. The Balaban J connectivity index is 2.02.